The molecule has 0 bridgehead atoms. The first-order valence-electron chi connectivity index (χ1n) is 7.95. The van der Waals surface area contributed by atoms with Crippen molar-refractivity contribution in [1.82, 2.24) is 15.0 Å². The van der Waals surface area contributed by atoms with Gasteiger partial charge in [0, 0.05) is 18.0 Å². The van der Waals surface area contributed by atoms with Gasteiger partial charge in [-0.15, -0.1) is 0 Å². The summed E-state index contributed by atoms with van der Waals surface area (Å²) in [7, 11) is -3.28. The first kappa shape index (κ1) is 17.9. The number of nitrogens with zero attached hydrogens (tertiary/aromatic N) is 3. The summed E-state index contributed by atoms with van der Waals surface area (Å²) in [6, 6.07) is 5.04. The number of hydrogen-bond donors (Lipinski definition) is 2. The predicted octanol–water partition coefficient (Wildman–Crippen LogP) is 2.29. The molecule has 8 nitrogen and oxygen atoms in total. The number of aromatic nitrogens is 3. The Kier molecular flexibility index (Phi) is 4.90. The summed E-state index contributed by atoms with van der Waals surface area (Å²) >= 11 is 0. The van der Waals surface area contributed by atoms with E-state index < -0.39 is 9.84 Å². The van der Waals surface area contributed by atoms with Crippen LogP contribution in [0.5, 0.6) is 0 Å². The molecule has 0 saturated heterocycles. The first-order valence-corrected chi connectivity index (χ1v) is 9.84. The van der Waals surface area contributed by atoms with Gasteiger partial charge in [0.15, 0.2) is 16.2 Å². The molecular weight excluding hydrogens is 354 g/mol. The minimum atomic E-state index is -3.28. The van der Waals surface area contributed by atoms with Crippen molar-refractivity contribution in [2.24, 2.45) is 0 Å². The average Bonchev–Trinajstić information content (AvgIpc) is 3.12. The van der Waals surface area contributed by atoms with Gasteiger partial charge in [0.1, 0.15) is 12.1 Å². The first-order chi connectivity index (χ1) is 12.4. The molecule has 136 valence electrons. The van der Waals surface area contributed by atoms with Crippen molar-refractivity contribution in [2.75, 3.05) is 17.3 Å². The van der Waals surface area contributed by atoms with Gasteiger partial charge < -0.3 is 15.5 Å². The second-order valence-electron chi connectivity index (χ2n) is 5.77. The van der Waals surface area contributed by atoms with Crippen LogP contribution in [0, 0.1) is 0 Å². The van der Waals surface area contributed by atoms with E-state index in [9.17, 15) is 8.42 Å². The molecular formula is C17H19N5O3S. The van der Waals surface area contributed by atoms with Gasteiger partial charge in [0.2, 0.25) is 5.95 Å². The standard InChI is InChI=1S/C17H19N5O3S/c1-3-11-6-13(26(2,23)24)4-5-14(11)15-8-20-17(18)22-16(15)19-7-12-9-25-10-21-12/h4-6,8-10H,3,7H2,1-2H3,(H3,18,19,20,22). The van der Waals surface area contributed by atoms with Crippen LogP contribution >= 0.6 is 0 Å². The molecule has 2 heterocycles. The van der Waals surface area contributed by atoms with E-state index in [0.29, 0.717) is 18.8 Å². The van der Waals surface area contributed by atoms with Crippen molar-refractivity contribution in [1.29, 1.82) is 0 Å². The van der Waals surface area contributed by atoms with E-state index in [1.54, 1.807) is 24.4 Å². The molecule has 0 saturated carbocycles. The fourth-order valence-electron chi connectivity index (χ4n) is 2.58. The van der Waals surface area contributed by atoms with Crippen LogP contribution in [0.4, 0.5) is 11.8 Å². The number of aryl methyl sites for hydroxylation is 1. The van der Waals surface area contributed by atoms with Crippen molar-refractivity contribution < 1.29 is 12.8 Å². The van der Waals surface area contributed by atoms with Gasteiger partial charge in [0.25, 0.3) is 0 Å². The molecule has 0 atom stereocenters. The molecule has 3 rings (SSSR count). The van der Waals surface area contributed by atoms with Gasteiger partial charge in [-0.25, -0.2) is 18.4 Å². The number of rotatable bonds is 6. The topological polar surface area (TPSA) is 124 Å². The Morgan fingerprint density at radius 3 is 2.69 bits per heavy atom. The molecule has 0 aliphatic heterocycles. The number of sulfone groups is 1. The summed E-state index contributed by atoms with van der Waals surface area (Å²) in [5.74, 6) is 0.685. The Balaban J connectivity index is 2.03. The maximum Gasteiger partial charge on any atom is 0.221 e. The number of nitrogens with two attached hydrogens (primary N) is 1. The minimum absolute atomic E-state index is 0.141. The van der Waals surface area contributed by atoms with Crippen LogP contribution < -0.4 is 11.1 Å². The van der Waals surface area contributed by atoms with Crippen LogP contribution in [0.1, 0.15) is 18.2 Å². The predicted molar refractivity (Wildman–Crippen MR) is 98.2 cm³/mol. The summed E-state index contributed by atoms with van der Waals surface area (Å²) in [6.07, 6.45) is 6.37. The highest BCUT2D eigenvalue weighted by Gasteiger charge is 2.15. The zero-order valence-corrected chi connectivity index (χ0v) is 15.2. The monoisotopic (exact) mass is 373 g/mol. The third-order valence-electron chi connectivity index (χ3n) is 3.90. The fraction of sp³-hybridized carbons (Fsp3) is 0.235. The molecule has 3 aromatic rings. The molecule has 0 amide bonds. The molecule has 9 heteroatoms. The maximum absolute atomic E-state index is 11.8. The van der Waals surface area contributed by atoms with Crippen molar-refractivity contribution >= 4 is 21.6 Å². The molecule has 1 aromatic carbocycles. The van der Waals surface area contributed by atoms with Gasteiger partial charge in [-0.1, -0.05) is 13.0 Å². The molecule has 0 radical (unpaired) electrons. The van der Waals surface area contributed by atoms with E-state index in [4.69, 9.17) is 10.2 Å². The maximum atomic E-state index is 11.8. The fourth-order valence-corrected chi connectivity index (χ4v) is 3.25. The molecule has 0 fully saturated rings. The molecule has 0 unspecified atom stereocenters. The Morgan fingerprint density at radius 1 is 1.23 bits per heavy atom. The van der Waals surface area contributed by atoms with E-state index in [2.05, 4.69) is 20.3 Å². The highest BCUT2D eigenvalue weighted by Crippen LogP contribution is 2.31. The normalized spacial score (nSPS) is 11.5. The molecule has 26 heavy (non-hydrogen) atoms. The van der Waals surface area contributed by atoms with Crippen LogP contribution in [0.25, 0.3) is 11.1 Å². The number of hydrogen-bond acceptors (Lipinski definition) is 8. The van der Waals surface area contributed by atoms with Gasteiger partial charge in [-0.05, 0) is 29.7 Å². The Labute approximate surface area is 151 Å². The van der Waals surface area contributed by atoms with Gasteiger partial charge >= 0.3 is 0 Å². The number of benzene rings is 1. The zero-order valence-electron chi connectivity index (χ0n) is 14.4. The average molecular weight is 373 g/mol. The third-order valence-corrected chi connectivity index (χ3v) is 5.01. The second kappa shape index (κ2) is 7.12. The lowest BCUT2D eigenvalue weighted by atomic mass is 9.99. The lowest BCUT2D eigenvalue weighted by Crippen LogP contribution is -2.07. The molecule has 3 N–H and O–H groups in total. The third kappa shape index (κ3) is 3.83. The largest absolute Gasteiger partial charge is 0.451 e. The number of nitrogens with one attached hydrogen (secondary N) is 1. The smallest absolute Gasteiger partial charge is 0.221 e. The summed E-state index contributed by atoms with van der Waals surface area (Å²) in [4.78, 5) is 12.7. The van der Waals surface area contributed by atoms with E-state index >= 15 is 0 Å². The molecule has 0 spiro atoms. The van der Waals surface area contributed by atoms with Crippen molar-refractivity contribution in [3.63, 3.8) is 0 Å². The van der Waals surface area contributed by atoms with Crippen LogP contribution in [-0.2, 0) is 22.8 Å². The van der Waals surface area contributed by atoms with Crippen molar-refractivity contribution in [3.05, 3.63) is 48.3 Å². The lowest BCUT2D eigenvalue weighted by Gasteiger charge is -2.14. The van der Waals surface area contributed by atoms with E-state index in [0.717, 1.165) is 22.4 Å². The molecule has 0 aliphatic carbocycles. The van der Waals surface area contributed by atoms with Crippen molar-refractivity contribution in [3.8, 4) is 11.1 Å². The van der Waals surface area contributed by atoms with Crippen LogP contribution in [-0.4, -0.2) is 29.6 Å². The van der Waals surface area contributed by atoms with E-state index in [-0.39, 0.29) is 10.8 Å². The Hall–Kier alpha value is -2.94. The van der Waals surface area contributed by atoms with Gasteiger partial charge in [0.05, 0.1) is 17.1 Å². The lowest BCUT2D eigenvalue weighted by molar-refractivity contribution is 0.556. The molecule has 0 aliphatic rings. The van der Waals surface area contributed by atoms with Crippen LogP contribution in [0.3, 0.4) is 0 Å². The van der Waals surface area contributed by atoms with E-state index in [1.807, 2.05) is 6.92 Å². The van der Waals surface area contributed by atoms with Crippen LogP contribution in [0.2, 0.25) is 0 Å². The highest BCUT2D eigenvalue weighted by molar-refractivity contribution is 7.90. The zero-order chi connectivity index (χ0) is 18.7. The summed E-state index contributed by atoms with van der Waals surface area (Å²) in [6.45, 7) is 2.37. The van der Waals surface area contributed by atoms with Gasteiger partial charge in [-0.3, -0.25) is 0 Å². The molecule has 2 aromatic heterocycles. The highest BCUT2D eigenvalue weighted by atomic mass is 32.2. The number of anilines is 2. The number of oxazole rings is 1. The second-order valence-corrected chi connectivity index (χ2v) is 7.78. The summed E-state index contributed by atoms with van der Waals surface area (Å²) < 4.78 is 28.6. The quantitative estimate of drug-likeness (QED) is 0.674. The Morgan fingerprint density at radius 2 is 2.04 bits per heavy atom. The van der Waals surface area contributed by atoms with E-state index in [1.165, 1.54) is 18.9 Å². The summed E-state index contributed by atoms with van der Waals surface area (Å²) in [5, 5.41) is 3.18. The Bertz CT molecular complexity index is 1020. The van der Waals surface area contributed by atoms with Crippen LogP contribution in [0.15, 0.2) is 46.4 Å². The van der Waals surface area contributed by atoms with Crippen molar-refractivity contribution in [2.45, 2.75) is 24.8 Å². The minimum Gasteiger partial charge on any atom is -0.451 e. The summed E-state index contributed by atoms with van der Waals surface area (Å²) in [5.41, 5.74) is 8.92. The number of nitrogen functional groups attached to an aromatic ring is 1. The van der Waals surface area contributed by atoms with Gasteiger partial charge in [-0.2, -0.15) is 4.98 Å². The SMILES string of the molecule is CCc1cc(S(C)(=O)=O)ccc1-c1cnc(N)nc1NCc1cocn1.